The van der Waals surface area contributed by atoms with E-state index in [4.69, 9.17) is 18.9 Å². The zero-order chi connectivity index (χ0) is 97.1. The molecule has 0 fully saturated rings. The van der Waals surface area contributed by atoms with Gasteiger partial charge in [-0.05, 0) is 253 Å². The first kappa shape index (κ1) is 112. The fourth-order valence-corrected chi connectivity index (χ4v) is 17.0. The summed E-state index contributed by atoms with van der Waals surface area (Å²) in [4.78, 5) is 104. The van der Waals surface area contributed by atoms with E-state index in [-0.39, 0.29) is 196 Å². The Bertz CT molecular complexity index is 7040. The third-order valence-electron chi connectivity index (χ3n) is 24.1. The van der Waals surface area contributed by atoms with Gasteiger partial charge in [-0.2, -0.15) is 0 Å². The van der Waals surface area contributed by atoms with Gasteiger partial charge in [0.2, 0.25) is 0 Å². The zero-order valence-corrected chi connectivity index (χ0v) is 87.4. The number of aliphatic carboxylic acids is 4. The van der Waals surface area contributed by atoms with Crippen LogP contribution in [0.5, 0.6) is 34.5 Å². The van der Waals surface area contributed by atoms with Gasteiger partial charge in [-0.1, -0.05) is 177 Å². The normalized spacial score (nSPS) is 11.5. The van der Waals surface area contributed by atoms with Crippen LogP contribution in [-0.4, -0.2) is 109 Å². The Hall–Kier alpha value is -14.4. The second kappa shape index (κ2) is 52.9. The fraction of sp³-hybridized carbons (Fsp3) is 0.111. The Balaban J connectivity index is 0.000000267. The van der Waals surface area contributed by atoms with Crippen LogP contribution in [-0.2, 0) is 58.0 Å². The molecule has 0 bridgehead atoms. The number of fused-ring (bicyclic) bond motifs is 6. The minimum atomic E-state index is -1.37. The molecule has 146 heavy (non-hydrogen) atoms. The number of nitrogens with zero attached hydrogens (tertiary/aromatic N) is 2. The van der Waals surface area contributed by atoms with Gasteiger partial charge in [0.1, 0.15) is 71.4 Å². The quantitative estimate of drug-likeness (QED) is 0.0118. The van der Waals surface area contributed by atoms with E-state index in [1.165, 1.54) is 70.1 Å². The number of carbonyl (C=O) groups is 8. The molecule has 0 aliphatic carbocycles. The molecule has 720 valence electrons. The maximum atomic E-state index is 13.9. The summed E-state index contributed by atoms with van der Waals surface area (Å²) in [6, 6.07) is 107. The number of benzene rings is 16. The van der Waals surface area contributed by atoms with Gasteiger partial charge in [0.05, 0.1) is 37.1 Å². The Morgan fingerprint density at radius 2 is 0.486 bits per heavy atom. The Labute approximate surface area is 924 Å². The topological polar surface area (TPSA) is 348 Å². The van der Waals surface area contributed by atoms with Gasteiger partial charge in [0.15, 0.2) is 23.1 Å². The largest absolute Gasteiger partial charge is 1.00 e. The minimum absolute atomic E-state index is 0. The molecule has 0 spiro atoms. The third-order valence-corrected chi connectivity index (χ3v) is 24.1. The van der Waals surface area contributed by atoms with E-state index in [0.29, 0.717) is 111 Å². The molecule has 7 N–H and O–H groups in total. The molecule has 18 rings (SSSR count). The summed E-state index contributed by atoms with van der Waals surface area (Å²) in [5, 5.41) is 61.9. The molecular weight excluding hydrogens is 2000 g/mol. The molecule has 0 radical (unpaired) electrons. The maximum Gasteiger partial charge on any atom is 1.00 e. The van der Waals surface area contributed by atoms with Crippen molar-refractivity contribution >= 4 is 137 Å². The van der Waals surface area contributed by atoms with Crippen molar-refractivity contribution in [2.45, 2.75) is 70.4 Å². The molecule has 16 aromatic carbocycles. The first-order valence-electron chi connectivity index (χ1n) is 45.2. The molecule has 0 amide bonds. The number of hydrogen-bond donors (Lipinski definition) is 6. The number of ether oxygens (including phenoxy) is 4. The van der Waals surface area contributed by atoms with Crippen LogP contribution in [0.1, 0.15) is 93.4 Å². The molecule has 4 atom stereocenters. The van der Waals surface area contributed by atoms with Gasteiger partial charge in [0, 0.05) is 124 Å². The molecule has 0 saturated heterocycles. The average Bonchev–Trinajstić information content (AvgIpc) is 1.61. The Morgan fingerprint density at radius 1 is 0.281 bits per heavy atom. The summed E-state index contributed by atoms with van der Waals surface area (Å²) in [6.07, 6.45) is 0.350. The van der Waals surface area contributed by atoms with Crippen molar-refractivity contribution in [1.29, 1.82) is 0 Å². The van der Waals surface area contributed by atoms with E-state index in [1.807, 2.05) is 97.1 Å². The smallest absolute Gasteiger partial charge is 0.870 e. The molecule has 23 nitrogen and oxygen atoms in total. The fourth-order valence-electron chi connectivity index (χ4n) is 17.0. The number of anilines is 4. The van der Waals surface area contributed by atoms with Crippen molar-refractivity contribution in [3.63, 3.8) is 0 Å². The molecule has 0 saturated carbocycles. The molecule has 18 aromatic rings. The molecule has 2 aromatic heterocycles. The number of hydrogen-bond acceptors (Lipinski definition) is 19. The monoisotopic (exact) mass is 2090 g/mol. The van der Waals surface area contributed by atoms with Crippen molar-refractivity contribution < 1.29 is 181 Å². The van der Waals surface area contributed by atoms with E-state index < -0.39 is 65.5 Å². The number of rotatable bonds is 40. The predicted octanol–water partition coefficient (Wildman–Crippen LogP) is 12.4. The first-order chi connectivity index (χ1) is 68.1. The van der Waals surface area contributed by atoms with Crippen LogP contribution in [0, 0.1) is 11.6 Å². The molecule has 29 heteroatoms. The van der Waals surface area contributed by atoms with Crippen molar-refractivity contribution in [2.24, 2.45) is 0 Å². The van der Waals surface area contributed by atoms with Crippen LogP contribution in [0.2, 0.25) is 0 Å². The van der Waals surface area contributed by atoms with Crippen molar-refractivity contribution in [3.05, 3.63) is 467 Å². The Kier molecular flexibility index (Phi) is 40.6. The summed E-state index contributed by atoms with van der Waals surface area (Å²) in [7, 11) is 0. The van der Waals surface area contributed by atoms with Crippen molar-refractivity contribution in [2.75, 3.05) is 34.5 Å². The summed E-state index contributed by atoms with van der Waals surface area (Å²) in [5.74, 6) is -4.10. The number of carbonyl (C=O) groups excluding carboxylic acids is 6. The third kappa shape index (κ3) is 27.8. The number of nitrogens with one attached hydrogen (secondary N) is 4. The number of para-hydroxylation sites is 8. The van der Waals surface area contributed by atoms with E-state index >= 15 is 0 Å². The van der Waals surface area contributed by atoms with Gasteiger partial charge < -0.3 is 84.8 Å². The molecule has 4 unspecified atom stereocenters. The van der Waals surface area contributed by atoms with Crippen molar-refractivity contribution in [3.8, 4) is 34.5 Å². The molecule has 0 aliphatic heterocycles. The van der Waals surface area contributed by atoms with E-state index in [0.717, 1.165) is 33.2 Å². The van der Waals surface area contributed by atoms with E-state index in [9.17, 15) is 67.6 Å². The van der Waals surface area contributed by atoms with Gasteiger partial charge in [-0.25, -0.2) is 18.4 Å². The number of ketones is 4. The second-order valence-electron chi connectivity index (χ2n) is 33.3. The minimum Gasteiger partial charge on any atom is -0.870 e. The van der Waals surface area contributed by atoms with Gasteiger partial charge in [-0.3, -0.25) is 19.2 Å². The molecule has 2 heterocycles. The average molecular weight is 2090 g/mol. The number of carboxylic acid groups (broad SMARTS) is 4. The standard InChI is InChI=1S/2C58H46FN3O8.CH4.HI.3Na.H2O/c2*59-41-25-21-39(22-26-41)55(63)47-11-1-5-13-49(47)60-52(58(67)68)36-38-19-29-43(30-20-38)70-44-31-23-40(24-32-44)56(64)48-12-2-6-14-50(48)61-51(57(65)66)35-37-17-27-42(28-18-37)69-34-33-62-53-15-7-3-9-45(53)46-10-4-8-16-54(46)62;;;;;;/h2*1-32,51-52,60-61H,33-36H2,(H,65,66)(H,67,68);1H4;1H;;;;1H2/q;;;;3*+1;/p-3. The number of carboxylic acids is 4. The van der Waals surface area contributed by atoms with Crippen LogP contribution in [0.15, 0.2) is 388 Å². The number of aromatic nitrogens is 2. The molecule has 0 aliphatic rings. The van der Waals surface area contributed by atoms with Crippen molar-refractivity contribution in [1.82, 2.24) is 9.13 Å². The van der Waals surface area contributed by atoms with Crippen LogP contribution < -0.4 is 139 Å². The van der Waals surface area contributed by atoms with Gasteiger partial charge in [0.25, 0.3) is 0 Å². The summed E-state index contributed by atoms with van der Waals surface area (Å²) in [6.45, 7) is 2.17. The summed E-state index contributed by atoms with van der Waals surface area (Å²) < 4.78 is 55.8. The van der Waals surface area contributed by atoms with Crippen LogP contribution in [0.25, 0.3) is 43.6 Å². The van der Waals surface area contributed by atoms with Gasteiger partial charge >= 0.3 is 101 Å². The van der Waals surface area contributed by atoms with E-state index in [2.05, 4.69) is 78.9 Å². The Morgan fingerprint density at radius 3 is 0.733 bits per heavy atom. The van der Waals surface area contributed by atoms with Crippen LogP contribution in [0.4, 0.5) is 31.5 Å². The second-order valence-corrected chi connectivity index (χ2v) is 33.3. The van der Waals surface area contributed by atoms with Crippen LogP contribution >= 0.6 is 24.0 Å². The molecular formula is C117H96F2IN6Na3O17. The SMILES string of the molecule is C.I.O=C(c1ccc(F)cc1)c1ccccc1NC(Cc1ccc(Oc2ccc(C(=O)c3ccccc3NC(Cc3ccc(OCCn4c5ccccc5c5ccccc54)cc3)C(=O)O)cc2)cc1)C(=O)O.O=C(c1ccc(F)cc1)c1ccccc1NC(Cc1ccc(Oc2ccc(C(=O)c3ccccc3NC(Cc3ccc(OCCn4c5ccccc5c5ccccc54)cc3)C(=O)[O-])cc2)cc1)C(=O)[O-].[Na+].[Na+].[Na+].[OH-]. The summed E-state index contributed by atoms with van der Waals surface area (Å²) in [5.41, 5.74) is 11.1. The van der Waals surface area contributed by atoms with E-state index in [1.54, 1.807) is 194 Å². The first-order valence-corrected chi connectivity index (χ1v) is 45.2. The summed E-state index contributed by atoms with van der Waals surface area (Å²) >= 11 is 0. The predicted molar refractivity (Wildman–Crippen MR) is 555 cm³/mol. The maximum absolute atomic E-state index is 13.9. The van der Waals surface area contributed by atoms with Gasteiger partial charge in [-0.15, -0.1) is 24.0 Å². The number of halogens is 3. The van der Waals surface area contributed by atoms with Crippen LogP contribution in [0.3, 0.4) is 0 Å². The zero-order valence-electron chi connectivity index (χ0n) is 79.0.